The Hall–Kier alpha value is -1.67. The van der Waals surface area contributed by atoms with Crippen LogP contribution in [0.5, 0.6) is 0 Å². The number of carbonyl (C=O) groups is 1. The number of hydrogen-bond donors (Lipinski definition) is 0. The summed E-state index contributed by atoms with van der Waals surface area (Å²) in [6.45, 7) is 12.1. The average Bonchev–Trinajstić information content (AvgIpc) is 3.12. The van der Waals surface area contributed by atoms with E-state index in [2.05, 4.69) is 10.1 Å². The molecular formula is C17H29N3O5. The summed E-state index contributed by atoms with van der Waals surface area (Å²) in [5.41, 5.74) is -0.554. The summed E-state index contributed by atoms with van der Waals surface area (Å²) < 4.78 is 22.2. The van der Waals surface area contributed by atoms with E-state index in [-0.39, 0.29) is 12.1 Å². The van der Waals surface area contributed by atoms with Crippen LogP contribution in [0, 0.1) is 6.92 Å². The van der Waals surface area contributed by atoms with Gasteiger partial charge in [0, 0.05) is 20.1 Å². The van der Waals surface area contributed by atoms with Gasteiger partial charge in [-0.1, -0.05) is 5.16 Å². The second kappa shape index (κ2) is 8.14. The fraction of sp³-hybridized carbons (Fsp3) is 0.824. The minimum Gasteiger partial charge on any atom is -0.444 e. The lowest BCUT2D eigenvalue weighted by atomic mass is 10.1. The van der Waals surface area contributed by atoms with Gasteiger partial charge in [0.2, 0.25) is 11.7 Å². The SMILES string of the molecule is CCOC(C)OC(c1noc(C)n1)[C@@H]1CCCN1C(=O)OC(C)(C)C. The zero-order chi connectivity index (χ0) is 18.6. The van der Waals surface area contributed by atoms with Crippen LogP contribution in [0.15, 0.2) is 4.52 Å². The van der Waals surface area contributed by atoms with Crippen molar-refractivity contribution in [3.8, 4) is 0 Å². The van der Waals surface area contributed by atoms with Gasteiger partial charge in [0.15, 0.2) is 6.29 Å². The first-order valence-electron chi connectivity index (χ1n) is 8.78. The van der Waals surface area contributed by atoms with Gasteiger partial charge in [0.25, 0.3) is 0 Å². The number of aryl methyl sites for hydroxylation is 1. The Morgan fingerprint density at radius 3 is 2.72 bits per heavy atom. The molecule has 142 valence electrons. The van der Waals surface area contributed by atoms with Gasteiger partial charge in [-0.3, -0.25) is 0 Å². The lowest BCUT2D eigenvalue weighted by Gasteiger charge is -2.32. The Morgan fingerprint density at radius 2 is 2.16 bits per heavy atom. The van der Waals surface area contributed by atoms with E-state index in [4.69, 9.17) is 18.7 Å². The number of amides is 1. The summed E-state index contributed by atoms with van der Waals surface area (Å²) in [5.74, 6) is 0.874. The molecule has 25 heavy (non-hydrogen) atoms. The molecule has 0 spiro atoms. The van der Waals surface area contributed by atoms with Crippen LogP contribution in [0.1, 0.15) is 65.3 Å². The van der Waals surface area contributed by atoms with E-state index in [9.17, 15) is 4.79 Å². The number of ether oxygens (including phenoxy) is 3. The molecule has 0 aliphatic carbocycles. The molecule has 0 saturated carbocycles. The second-order valence-electron chi connectivity index (χ2n) is 7.13. The normalized spacial score (nSPS) is 20.6. The lowest BCUT2D eigenvalue weighted by molar-refractivity contribution is -0.174. The van der Waals surface area contributed by atoms with Crippen LogP contribution in [-0.2, 0) is 14.2 Å². The molecule has 0 N–H and O–H groups in total. The summed E-state index contributed by atoms with van der Waals surface area (Å²) >= 11 is 0. The lowest BCUT2D eigenvalue weighted by Crippen LogP contribution is -2.44. The number of nitrogens with zero attached hydrogens (tertiary/aromatic N) is 3. The second-order valence-corrected chi connectivity index (χ2v) is 7.13. The minimum absolute atomic E-state index is 0.227. The zero-order valence-electron chi connectivity index (χ0n) is 15.9. The summed E-state index contributed by atoms with van der Waals surface area (Å²) in [5, 5.41) is 4.00. The molecule has 2 rings (SSSR count). The molecule has 2 heterocycles. The summed E-state index contributed by atoms with van der Waals surface area (Å²) in [6.07, 6.45) is 0.303. The number of likely N-dealkylation sites (tertiary alicyclic amines) is 1. The van der Waals surface area contributed by atoms with Gasteiger partial charge in [0.05, 0.1) is 6.04 Å². The van der Waals surface area contributed by atoms with Gasteiger partial charge in [-0.15, -0.1) is 0 Å². The molecule has 2 unspecified atom stereocenters. The maximum absolute atomic E-state index is 12.6. The van der Waals surface area contributed by atoms with E-state index in [1.165, 1.54) is 0 Å². The first kappa shape index (κ1) is 19.7. The Balaban J connectivity index is 2.21. The van der Waals surface area contributed by atoms with E-state index < -0.39 is 18.0 Å². The van der Waals surface area contributed by atoms with Crippen LogP contribution < -0.4 is 0 Å². The van der Waals surface area contributed by atoms with Gasteiger partial charge in [-0.05, 0) is 47.5 Å². The van der Waals surface area contributed by atoms with E-state index in [0.717, 1.165) is 12.8 Å². The topological polar surface area (TPSA) is 86.9 Å². The van der Waals surface area contributed by atoms with Crippen LogP contribution >= 0.6 is 0 Å². The molecule has 1 fully saturated rings. The summed E-state index contributed by atoms with van der Waals surface area (Å²) in [6, 6.07) is -0.227. The first-order chi connectivity index (χ1) is 11.7. The maximum atomic E-state index is 12.6. The Morgan fingerprint density at radius 1 is 1.44 bits per heavy atom. The van der Waals surface area contributed by atoms with Crippen molar-refractivity contribution >= 4 is 6.09 Å². The molecular weight excluding hydrogens is 326 g/mol. The van der Waals surface area contributed by atoms with Crippen LogP contribution in [0.2, 0.25) is 0 Å². The van der Waals surface area contributed by atoms with Gasteiger partial charge in [-0.25, -0.2) is 4.79 Å². The van der Waals surface area contributed by atoms with Crippen molar-refractivity contribution in [3.63, 3.8) is 0 Å². The molecule has 1 saturated heterocycles. The number of carbonyl (C=O) groups excluding carboxylic acids is 1. The third-order valence-corrected chi connectivity index (χ3v) is 3.81. The fourth-order valence-corrected chi connectivity index (χ4v) is 2.89. The van der Waals surface area contributed by atoms with Gasteiger partial charge in [-0.2, -0.15) is 4.98 Å². The molecule has 1 aliphatic heterocycles. The molecule has 1 aromatic heterocycles. The van der Waals surface area contributed by atoms with Crippen LogP contribution in [-0.4, -0.2) is 52.2 Å². The number of rotatable bonds is 6. The first-order valence-corrected chi connectivity index (χ1v) is 8.78. The van der Waals surface area contributed by atoms with Crippen LogP contribution in [0.25, 0.3) is 0 Å². The minimum atomic E-state index is -0.554. The summed E-state index contributed by atoms with van der Waals surface area (Å²) in [7, 11) is 0. The molecule has 1 aliphatic rings. The highest BCUT2D eigenvalue weighted by molar-refractivity contribution is 5.69. The monoisotopic (exact) mass is 355 g/mol. The molecule has 1 amide bonds. The average molecular weight is 355 g/mol. The standard InChI is InChI=1S/C17H29N3O5/c1-7-22-12(3)23-14(15-18-11(2)25-19-15)13-9-8-10-20(13)16(21)24-17(4,5)6/h12-14H,7-10H2,1-6H3/t12?,13-,14?/m0/s1. The molecule has 1 aromatic rings. The van der Waals surface area contributed by atoms with E-state index >= 15 is 0 Å². The predicted molar refractivity (Wildman–Crippen MR) is 89.9 cm³/mol. The van der Waals surface area contributed by atoms with Crippen LogP contribution in [0.3, 0.4) is 0 Å². The van der Waals surface area contributed by atoms with E-state index in [1.54, 1.807) is 11.8 Å². The molecule has 0 radical (unpaired) electrons. The smallest absolute Gasteiger partial charge is 0.410 e. The predicted octanol–water partition coefficient (Wildman–Crippen LogP) is 3.22. The van der Waals surface area contributed by atoms with Crippen LogP contribution in [0.4, 0.5) is 4.79 Å². The molecule has 0 bridgehead atoms. The highest BCUT2D eigenvalue weighted by Crippen LogP contribution is 2.33. The highest BCUT2D eigenvalue weighted by Gasteiger charge is 2.41. The van der Waals surface area contributed by atoms with Crippen molar-refractivity contribution in [1.82, 2.24) is 15.0 Å². The fourth-order valence-electron chi connectivity index (χ4n) is 2.89. The molecule has 8 heteroatoms. The third kappa shape index (κ3) is 5.40. The summed E-state index contributed by atoms with van der Waals surface area (Å²) in [4.78, 5) is 18.6. The zero-order valence-corrected chi connectivity index (χ0v) is 15.9. The largest absolute Gasteiger partial charge is 0.444 e. The Labute approximate surface area is 148 Å². The third-order valence-electron chi connectivity index (χ3n) is 3.81. The Kier molecular flexibility index (Phi) is 6.40. The van der Waals surface area contributed by atoms with Gasteiger partial charge >= 0.3 is 6.09 Å². The van der Waals surface area contributed by atoms with Crippen molar-refractivity contribution in [2.45, 2.75) is 78.4 Å². The van der Waals surface area contributed by atoms with E-state index in [0.29, 0.717) is 24.9 Å². The van der Waals surface area contributed by atoms with E-state index in [1.807, 2.05) is 34.6 Å². The number of aromatic nitrogens is 2. The quantitative estimate of drug-likeness (QED) is 0.724. The van der Waals surface area contributed by atoms with Gasteiger partial charge < -0.3 is 23.6 Å². The van der Waals surface area contributed by atoms with Crippen molar-refractivity contribution in [1.29, 1.82) is 0 Å². The maximum Gasteiger partial charge on any atom is 0.410 e. The molecule has 8 nitrogen and oxygen atoms in total. The van der Waals surface area contributed by atoms with Crippen molar-refractivity contribution in [2.24, 2.45) is 0 Å². The van der Waals surface area contributed by atoms with Crippen molar-refractivity contribution in [2.75, 3.05) is 13.2 Å². The van der Waals surface area contributed by atoms with Crippen molar-refractivity contribution in [3.05, 3.63) is 11.7 Å². The Bertz CT molecular complexity index is 569. The van der Waals surface area contributed by atoms with Gasteiger partial charge in [0.1, 0.15) is 11.7 Å². The highest BCUT2D eigenvalue weighted by atomic mass is 16.7. The molecule has 0 aromatic carbocycles. The number of hydrogen-bond acceptors (Lipinski definition) is 7. The molecule has 3 atom stereocenters. The van der Waals surface area contributed by atoms with Crippen molar-refractivity contribution < 1.29 is 23.5 Å².